The minimum atomic E-state index is 0.726. The van der Waals surface area contributed by atoms with Crippen molar-refractivity contribution < 1.29 is 0 Å². The van der Waals surface area contributed by atoms with Crippen LogP contribution in [0.25, 0.3) is 0 Å². The first kappa shape index (κ1) is 14.5. The lowest BCUT2D eigenvalue weighted by atomic mass is 10.0. The molecule has 0 aliphatic rings. The molecule has 1 aromatic rings. The predicted octanol–water partition coefficient (Wildman–Crippen LogP) is 4.15. The van der Waals surface area contributed by atoms with Crippen LogP contribution in [0.5, 0.6) is 0 Å². The van der Waals surface area contributed by atoms with Gasteiger partial charge in [-0.15, -0.1) is 0 Å². The Kier molecular flexibility index (Phi) is 6.61. The summed E-state index contributed by atoms with van der Waals surface area (Å²) in [5, 5.41) is 4.33. The Morgan fingerprint density at radius 2 is 1.71 bits per heavy atom. The SMILES string of the molecule is CC(C)CNCC(C)CCc1ccc(Cl)cc1. The predicted molar refractivity (Wildman–Crippen MR) is 76.6 cm³/mol. The molecule has 0 aromatic heterocycles. The first-order chi connectivity index (χ1) is 8.08. The van der Waals surface area contributed by atoms with Crippen LogP contribution in [0.3, 0.4) is 0 Å². The molecular formula is C15H24ClN. The van der Waals surface area contributed by atoms with Crippen LogP contribution < -0.4 is 5.32 Å². The second kappa shape index (κ2) is 7.73. The van der Waals surface area contributed by atoms with Crippen LogP contribution in [-0.4, -0.2) is 13.1 Å². The van der Waals surface area contributed by atoms with Gasteiger partial charge in [0.25, 0.3) is 0 Å². The molecule has 96 valence electrons. The van der Waals surface area contributed by atoms with Gasteiger partial charge in [0.1, 0.15) is 0 Å². The number of nitrogens with one attached hydrogen (secondary N) is 1. The van der Waals surface area contributed by atoms with Gasteiger partial charge >= 0.3 is 0 Å². The molecule has 0 fully saturated rings. The molecule has 0 spiro atoms. The van der Waals surface area contributed by atoms with E-state index < -0.39 is 0 Å². The van der Waals surface area contributed by atoms with E-state index in [0.29, 0.717) is 0 Å². The first-order valence-corrected chi connectivity index (χ1v) is 6.91. The van der Waals surface area contributed by atoms with Gasteiger partial charge in [-0.3, -0.25) is 0 Å². The van der Waals surface area contributed by atoms with Crippen molar-refractivity contribution in [1.29, 1.82) is 0 Å². The first-order valence-electron chi connectivity index (χ1n) is 6.53. The van der Waals surface area contributed by atoms with E-state index in [9.17, 15) is 0 Å². The van der Waals surface area contributed by atoms with Crippen molar-refractivity contribution in [2.45, 2.75) is 33.6 Å². The third-order valence-electron chi connectivity index (χ3n) is 2.88. The van der Waals surface area contributed by atoms with Crippen molar-refractivity contribution in [3.8, 4) is 0 Å². The van der Waals surface area contributed by atoms with E-state index in [-0.39, 0.29) is 0 Å². The van der Waals surface area contributed by atoms with Gasteiger partial charge in [0, 0.05) is 5.02 Å². The van der Waals surface area contributed by atoms with Crippen LogP contribution >= 0.6 is 11.6 Å². The molecule has 1 aromatic carbocycles. The van der Waals surface area contributed by atoms with Crippen LogP contribution in [0, 0.1) is 11.8 Å². The van der Waals surface area contributed by atoms with Crippen LogP contribution in [0.4, 0.5) is 0 Å². The average molecular weight is 254 g/mol. The van der Waals surface area contributed by atoms with E-state index >= 15 is 0 Å². The minimum Gasteiger partial charge on any atom is -0.316 e. The molecule has 0 saturated carbocycles. The summed E-state index contributed by atoms with van der Waals surface area (Å²) < 4.78 is 0. The molecule has 0 radical (unpaired) electrons. The zero-order chi connectivity index (χ0) is 12.7. The van der Waals surface area contributed by atoms with E-state index in [1.807, 2.05) is 12.1 Å². The van der Waals surface area contributed by atoms with Crippen molar-refractivity contribution >= 4 is 11.6 Å². The highest BCUT2D eigenvalue weighted by Gasteiger charge is 2.03. The van der Waals surface area contributed by atoms with Crippen molar-refractivity contribution in [2.24, 2.45) is 11.8 Å². The molecule has 2 heteroatoms. The molecule has 1 nitrogen and oxygen atoms in total. The van der Waals surface area contributed by atoms with Gasteiger partial charge < -0.3 is 5.32 Å². The fourth-order valence-electron chi connectivity index (χ4n) is 1.78. The Balaban J connectivity index is 2.19. The quantitative estimate of drug-likeness (QED) is 0.770. The monoisotopic (exact) mass is 253 g/mol. The number of hydrogen-bond donors (Lipinski definition) is 1. The third kappa shape index (κ3) is 6.70. The maximum Gasteiger partial charge on any atom is 0.0406 e. The number of rotatable bonds is 7. The lowest BCUT2D eigenvalue weighted by Gasteiger charge is -2.13. The Morgan fingerprint density at radius 1 is 1.06 bits per heavy atom. The van der Waals surface area contributed by atoms with Crippen LogP contribution in [0.2, 0.25) is 5.02 Å². The highest BCUT2D eigenvalue weighted by molar-refractivity contribution is 6.30. The van der Waals surface area contributed by atoms with Gasteiger partial charge in [-0.25, -0.2) is 0 Å². The molecule has 1 atom stereocenters. The molecular weight excluding hydrogens is 230 g/mol. The molecule has 0 amide bonds. The summed E-state index contributed by atoms with van der Waals surface area (Å²) in [6.45, 7) is 9.02. The highest BCUT2D eigenvalue weighted by Crippen LogP contribution is 2.13. The molecule has 0 saturated heterocycles. The average Bonchev–Trinajstić information content (AvgIpc) is 2.28. The van der Waals surface area contributed by atoms with Gasteiger partial charge in [0.2, 0.25) is 0 Å². The molecule has 1 rings (SSSR count). The number of benzene rings is 1. The van der Waals surface area contributed by atoms with Gasteiger partial charge in [-0.05, 0) is 55.5 Å². The lowest BCUT2D eigenvalue weighted by Crippen LogP contribution is -2.25. The topological polar surface area (TPSA) is 12.0 Å². The minimum absolute atomic E-state index is 0.726. The zero-order valence-electron chi connectivity index (χ0n) is 11.2. The maximum absolute atomic E-state index is 5.86. The standard InChI is InChI=1S/C15H24ClN/c1-12(2)10-17-11-13(3)4-5-14-6-8-15(16)9-7-14/h6-9,12-13,17H,4-5,10-11H2,1-3H3. The van der Waals surface area contributed by atoms with E-state index in [1.54, 1.807) is 0 Å². The third-order valence-corrected chi connectivity index (χ3v) is 3.14. The summed E-state index contributed by atoms with van der Waals surface area (Å²) in [5.41, 5.74) is 1.38. The fraction of sp³-hybridized carbons (Fsp3) is 0.600. The fourth-order valence-corrected chi connectivity index (χ4v) is 1.91. The normalized spacial score (nSPS) is 13.0. The Labute approximate surface area is 111 Å². The molecule has 1 N–H and O–H groups in total. The summed E-state index contributed by atoms with van der Waals surface area (Å²) in [6.07, 6.45) is 2.37. The van der Waals surface area contributed by atoms with Gasteiger partial charge in [-0.2, -0.15) is 0 Å². The number of hydrogen-bond acceptors (Lipinski definition) is 1. The maximum atomic E-state index is 5.86. The zero-order valence-corrected chi connectivity index (χ0v) is 11.9. The summed E-state index contributed by atoms with van der Waals surface area (Å²) >= 11 is 5.86. The van der Waals surface area contributed by atoms with E-state index in [1.165, 1.54) is 12.0 Å². The second-order valence-electron chi connectivity index (χ2n) is 5.32. The lowest BCUT2D eigenvalue weighted by molar-refractivity contribution is 0.454. The smallest absolute Gasteiger partial charge is 0.0406 e. The van der Waals surface area contributed by atoms with Crippen molar-refractivity contribution in [3.05, 3.63) is 34.9 Å². The largest absolute Gasteiger partial charge is 0.316 e. The molecule has 0 bridgehead atoms. The highest BCUT2D eigenvalue weighted by atomic mass is 35.5. The molecule has 1 unspecified atom stereocenters. The van der Waals surface area contributed by atoms with Crippen molar-refractivity contribution in [3.63, 3.8) is 0 Å². The van der Waals surface area contributed by atoms with Crippen LogP contribution in [0.1, 0.15) is 32.8 Å². The van der Waals surface area contributed by atoms with Gasteiger partial charge in [-0.1, -0.05) is 44.5 Å². The van der Waals surface area contributed by atoms with Gasteiger partial charge in [0.15, 0.2) is 0 Å². The molecule has 0 aliphatic heterocycles. The van der Waals surface area contributed by atoms with Gasteiger partial charge in [0.05, 0.1) is 0 Å². The second-order valence-corrected chi connectivity index (χ2v) is 5.76. The Morgan fingerprint density at radius 3 is 2.29 bits per heavy atom. The molecule has 0 aliphatic carbocycles. The number of halogens is 1. The number of aryl methyl sites for hydroxylation is 1. The molecule has 0 heterocycles. The summed E-state index contributed by atoms with van der Waals surface area (Å²) in [7, 11) is 0. The summed E-state index contributed by atoms with van der Waals surface area (Å²) in [5.74, 6) is 1.46. The van der Waals surface area contributed by atoms with Crippen molar-refractivity contribution in [1.82, 2.24) is 5.32 Å². The van der Waals surface area contributed by atoms with Crippen LogP contribution in [0.15, 0.2) is 24.3 Å². The summed E-state index contributed by atoms with van der Waals surface area (Å²) in [4.78, 5) is 0. The Bertz CT molecular complexity index is 305. The van der Waals surface area contributed by atoms with E-state index in [0.717, 1.165) is 36.4 Å². The van der Waals surface area contributed by atoms with E-state index in [4.69, 9.17) is 11.6 Å². The Hall–Kier alpha value is -0.530. The van der Waals surface area contributed by atoms with E-state index in [2.05, 4.69) is 38.2 Å². The summed E-state index contributed by atoms with van der Waals surface area (Å²) in [6, 6.07) is 8.18. The van der Waals surface area contributed by atoms with Crippen molar-refractivity contribution in [2.75, 3.05) is 13.1 Å². The van der Waals surface area contributed by atoms with Crippen LogP contribution in [-0.2, 0) is 6.42 Å². The molecule has 17 heavy (non-hydrogen) atoms.